The summed E-state index contributed by atoms with van der Waals surface area (Å²) in [6.45, 7) is 1.94. The molecule has 1 aliphatic carbocycles. The highest BCUT2D eigenvalue weighted by Gasteiger charge is 2.28. The molecular formula is C12H22N2OS. The van der Waals surface area contributed by atoms with Gasteiger partial charge < -0.3 is 10.6 Å². The molecule has 2 N–H and O–H groups in total. The van der Waals surface area contributed by atoms with Crippen molar-refractivity contribution in [3.63, 3.8) is 0 Å². The van der Waals surface area contributed by atoms with Crippen molar-refractivity contribution in [2.24, 2.45) is 5.92 Å². The molecule has 16 heavy (non-hydrogen) atoms. The van der Waals surface area contributed by atoms with Gasteiger partial charge in [0.15, 0.2) is 0 Å². The lowest BCUT2D eigenvalue weighted by Crippen LogP contribution is -2.43. The van der Waals surface area contributed by atoms with E-state index in [0.29, 0.717) is 6.04 Å². The molecule has 4 heteroatoms. The number of rotatable bonds is 3. The third-order valence-electron chi connectivity index (χ3n) is 3.73. The zero-order valence-corrected chi connectivity index (χ0v) is 10.8. The summed E-state index contributed by atoms with van der Waals surface area (Å²) < 4.78 is 0. The summed E-state index contributed by atoms with van der Waals surface area (Å²) in [4.78, 5) is 12.0. The summed E-state index contributed by atoms with van der Waals surface area (Å²) in [7, 11) is 0. The van der Waals surface area contributed by atoms with Crippen LogP contribution in [0, 0.1) is 5.92 Å². The van der Waals surface area contributed by atoms with Crippen LogP contribution in [0.25, 0.3) is 0 Å². The van der Waals surface area contributed by atoms with Crippen LogP contribution in [-0.4, -0.2) is 36.5 Å². The first kappa shape index (κ1) is 12.2. The number of carbonyl (C=O) groups is 1. The Bertz CT molecular complexity index is 241. The Morgan fingerprint density at radius 2 is 2.25 bits per heavy atom. The van der Waals surface area contributed by atoms with Gasteiger partial charge in [0.2, 0.25) is 5.91 Å². The van der Waals surface area contributed by atoms with Crippen LogP contribution < -0.4 is 10.6 Å². The topological polar surface area (TPSA) is 41.1 Å². The zero-order chi connectivity index (χ0) is 11.4. The van der Waals surface area contributed by atoms with Crippen LogP contribution in [0.2, 0.25) is 0 Å². The Morgan fingerprint density at radius 3 is 2.88 bits per heavy atom. The standard InChI is InChI=1S/C12H22N2OS/c1-16-11-5-4-10(7-11)14-12(15)9-3-2-6-13-8-9/h9-11,13H,2-8H2,1H3,(H,14,15)/t9-,10?,11?/m0/s1. The van der Waals surface area contributed by atoms with Crippen molar-refractivity contribution in [3.8, 4) is 0 Å². The van der Waals surface area contributed by atoms with Gasteiger partial charge >= 0.3 is 0 Å². The molecule has 0 aromatic heterocycles. The summed E-state index contributed by atoms with van der Waals surface area (Å²) in [5.74, 6) is 0.487. The molecule has 0 aromatic carbocycles. The molecule has 1 saturated carbocycles. The van der Waals surface area contributed by atoms with Crippen LogP contribution in [0.15, 0.2) is 0 Å². The third-order valence-corrected chi connectivity index (χ3v) is 4.83. The second-order valence-electron chi connectivity index (χ2n) is 4.92. The molecule has 0 bridgehead atoms. The minimum absolute atomic E-state index is 0.210. The van der Waals surface area contributed by atoms with Crippen molar-refractivity contribution < 1.29 is 4.79 Å². The molecule has 1 aliphatic heterocycles. The zero-order valence-electron chi connectivity index (χ0n) is 10.00. The lowest BCUT2D eigenvalue weighted by atomic mass is 9.98. The number of nitrogens with one attached hydrogen (secondary N) is 2. The van der Waals surface area contributed by atoms with Crippen LogP contribution in [0.1, 0.15) is 32.1 Å². The number of hydrogen-bond donors (Lipinski definition) is 2. The minimum Gasteiger partial charge on any atom is -0.353 e. The summed E-state index contributed by atoms with van der Waals surface area (Å²) >= 11 is 1.94. The fourth-order valence-electron chi connectivity index (χ4n) is 2.68. The molecule has 2 aliphatic rings. The van der Waals surface area contributed by atoms with Crippen LogP contribution in [0.4, 0.5) is 0 Å². The van der Waals surface area contributed by atoms with Crippen LogP contribution in [-0.2, 0) is 4.79 Å². The van der Waals surface area contributed by atoms with Gasteiger partial charge in [0, 0.05) is 17.8 Å². The Hall–Kier alpha value is -0.220. The maximum Gasteiger partial charge on any atom is 0.224 e. The molecule has 0 aromatic rings. The average molecular weight is 242 g/mol. The quantitative estimate of drug-likeness (QED) is 0.786. The van der Waals surface area contributed by atoms with E-state index >= 15 is 0 Å². The number of hydrogen-bond acceptors (Lipinski definition) is 3. The average Bonchev–Trinajstić information content (AvgIpc) is 2.78. The van der Waals surface area contributed by atoms with E-state index in [4.69, 9.17) is 0 Å². The first-order valence-electron chi connectivity index (χ1n) is 6.33. The highest BCUT2D eigenvalue weighted by atomic mass is 32.2. The maximum atomic E-state index is 12.0. The highest BCUT2D eigenvalue weighted by Crippen LogP contribution is 2.28. The van der Waals surface area contributed by atoms with Crippen molar-refractivity contribution >= 4 is 17.7 Å². The second kappa shape index (κ2) is 5.92. The fourth-order valence-corrected chi connectivity index (χ4v) is 3.48. The summed E-state index contributed by atoms with van der Waals surface area (Å²) in [5.41, 5.74) is 0. The highest BCUT2D eigenvalue weighted by molar-refractivity contribution is 7.99. The van der Waals surface area contributed by atoms with Gasteiger partial charge in [0.05, 0.1) is 5.92 Å². The van der Waals surface area contributed by atoms with Crippen molar-refractivity contribution in [3.05, 3.63) is 0 Å². The normalized spacial score (nSPS) is 34.9. The van der Waals surface area contributed by atoms with Crippen molar-refractivity contribution in [1.29, 1.82) is 0 Å². The summed E-state index contributed by atoms with van der Waals surface area (Å²) in [6.07, 6.45) is 7.94. The molecule has 3 nitrogen and oxygen atoms in total. The molecular weight excluding hydrogens is 220 g/mol. The van der Waals surface area contributed by atoms with Gasteiger partial charge in [-0.3, -0.25) is 4.79 Å². The Labute approximate surface area is 102 Å². The molecule has 1 saturated heterocycles. The van der Waals surface area contributed by atoms with Gasteiger partial charge in [0.1, 0.15) is 0 Å². The lowest BCUT2D eigenvalue weighted by molar-refractivity contribution is -0.126. The van der Waals surface area contributed by atoms with Crippen molar-refractivity contribution in [2.75, 3.05) is 19.3 Å². The number of piperidine rings is 1. The molecule has 2 rings (SSSR count). The Morgan fingerprint density at radius 1 is 1.38 bits per heavy atom. The monoisotopic (exact) mass is 242 g/mol. The van der Waals surface area contributed by atoms with Gasteiger partial charge in [-0.15, -0.1) is 0 Å². The van der Waals surface area contributed by atoms with Crippen LogP contribution in [0.3, 0.4) is 0 Å². The third kappa shape index (κ3) is 3.14. The second-order valence-corrected chi connectivity index (χ2v) is 6.06. The maximum absolute atomic E-state index is 12.0. The fraction of sp³-hybridized carbons (Fsp3) is 0.917. The molecule has 0 radical (unpaired) electrons. The van der Waals surface area contributed by atoms with E-state index in [0.717, 1.165) is 44.0 Å². The number of carbonyl (C=O) groups excluding carboxylic acids is 1. The van der Waals surface area contributed by atoms with Gasteiger partial charge in [-0.25, -0.2) is 0 Å². The molecule has 2 unspecified atom stereocenters. The van der Waals surface area contributed by atoms with E-state index in [-0.39, 0.29) is 11.8 Å². The van der Waals surface area contributed by atoms with Gasteiger partial charge in [-0.2, -0.15) is 11.8 Å². The van der Waals surface area contributed by atoms with Gasteiger partial charge in [-0.1, -0.05) is 0 Å². The molecule has 3 atom stereocenters. The largest absolute Gasteiger partial charge is 0.353 e. The minimum atomic E-state index is 0.210. The molecule has 2 fully saturated rings. The summed E-state index contributed by atoms with van der Waals surface area (Å²) in [6, 6.07) is 0.437. The Balaban J connectivity index is 1.74. The van der Waals surface area contributed by atoms with Gasteiger partial charge in [-0.05, 0) is 44.9 Å². The van der Waals surface area contributed by atoms with Crippen LogP contribution >= 0.6 is 11.8 Å². The predicted molar refractivity (Wildman–Crippen MR) is 68.7 cm³/mol. The van der Waals surface area contributed by atoms with E-state index < -0.39 is 0 Å². The molecule has 92 valence electrons. The van der Waals surface area contributed by atoms with Crippen molar-refractivity contribution in [1.82, 2.24) is 10.6 Å². The van der Waals surface area contributed by atoms with Crippen molar-refractivity contribution in [2.45, 2.75) is 43.4 Å². The lowest BCUT2D eigenvalue weighted by Gasteiger charge is -2.23. The van der Waals surface area contributed by atoms with E-state index in [1.54, 1.807) is 0 Å². The Kier molecular flexibility index (Phi) is 4.53. The smallest absolute Gasteiger partial charge is 0.224 e. The molecule has 0 spiro atoms. The SMILES string of the molecule is CSC1CCC(NC(=O)[C@H]2CCCNC2)C1. The number of thioether (sulfide) groups is 1. The first-order valence-corrected chi connectivity index (χ1v) is 7.62. The number of amides is 1. The molecule has 1 amide bonds. The molecule has 1 heterocycles. The van der Waals surface area contributed by atoms with E-state index in [1.165, 1.54) is 6.42 Å². The first-order chi connectivity index (χ1) is 7.79. The van der Waals surface area contributed by atoms with Gasteiger partial charge in [0.25, 0.3) is 0 Å². The predicted octanol–water partition coefficient (Wildman–Crippen LogP) is 1.39. The van der Waals surface area contributed by atoms with E-state index in [9.17, 15) is 4.79 Å². The summed E-state index contributed by atoms with van der Waals surface area (Å²) in [5, 5.41) is 7.28. The van der Waals surface area contributed by atoms with E-state index in [2.05, 4.69) is 16.9 Å². The van der Waals surface area contributed by atoms with E-state index in [1.807, 2.05) is 11.8 Å². The van der Waals surface area contributed by atoms with Crippen LogP contribution in [0.5, 0.6) is 0 Å².